The van der Waals surface area contributed by atoms with Crippen LogP contribution < -0.4 is 0 Å². The largest absolute Gasteiger partial charge is 0.462 e. The lowest BCUT2D eigenvalue weighted by molar-refractivity contribution is -0.380. The number of allylic oxidation sites excluding steroid dienone is 2. The number of ether oxygens (including phenoxy) is 14. The van der Waals surface area contributed by atoms with Crippen molar-refractivity contribution in [2.45, 2.75) is 349 Å². The van der Waals surface area contributed by atoms with Crippen molar-refractivity contribution in [2.75, 3.05) is 26.4 Å². The lowest BCUT2D eigenvalue weighted by Gasteiger charge is -2.72. The standard InChI is InChI=1S/C73H118O36/c1-27(77)18-41(81)97-28(2)19-42(82)103-56-31(5)100-66(59(52(56)92)107-63-51(91)48(88)55(30(4)99-63)104-61-53(93)57(35(79)25-96-61)105-62-49(89)46(86)43(83)29(3)98-62)109-67(95)73-17-16-68(6,7)20-33(73)32-12-13-39-69(8)21-34(78)60(70(9,26-76)38(69)14-15-71(39,10)72(32,11)22-40(73)80)108-65-54(94)58(45(85)37(24-75)102-65)106-64-50(90)47(87)44(84)36(23-74)101-64/h12,27-31,33-40,43-66,74-80,83-94H,13-26H2,1-11H3. The number of esters is 3. The van der Waals surface area contributed by atoms with Crippen LogP contribution >= 0.6 is 0 Å². The van der Waals surface area contributed by atoms with E-state index in [1.54, 1.807) is 6.92 Å². The molecule has 0 spiro atoms. The van der Waals surface area contributed by atoms with E-state index in [-0.39, 0.29) is 31.6 Å². The number of rotatable bonds is 21. The normalized spacial score (nSPS) is 51.8. The molecule has 42 unspecified atom stereocenters. The summed E-state index contributed by atoms with van der Waals surface area (Å²) in [4.78, 5) is 42.2. The molecule has 0 bridgehead atoms. The minimum atomic E-state index is -2.12. The first kappa shape index (κ1) is 86.8. The minimum Gasteiger partial charge on any atom is -0.462 e. The number of hydrogen-bond donors (Lipinski definition) is 19. The fraction of sp³-hybridized carbons (Fsp3) is 0.932. The van der Waals surface area contributed by atoms with Gasteiger partial charge in [0.2, 0.25) is 6.29 Å². The van der Waals surface area contributed by atoms with Gasteiger partial charge in [0, 0.05) is 5.41 Å². The van der Waals surface area contributed by atoms with Crippen molar-refractivity contribution >= 4 is 17.9 Å². The molecule has 0 radical (unpaired) electrons. The summed E-state index contributed by atoms with van der Waals surface area (Å²) in [7, 11) is 0. The second kappa shape index (κ2) is 33.2. The highest BCUT2D eigenvalue weighted by Crippen LogP contribution is 2.76. The van der Waals surface area contributed by atoms with Gasteiger partial charge in [-0.3, -0.25) is 14.4 Å². The van der Waals surface area contributed by atoms with Gasteiger partial charge in [-0.05, 0) is 125 Å². The van der Waals surface area contributed by atoms with Crippen molar-refractivity contribution in [1.82, 2.24) is 0 Å². The summed E-state index contributed by atoms with van der Waals surface area (Å²) < 4.78 is 83.3. The van der Waals surface area contributed by atoms with Crippen molar-refractivity contribution in [3.05, 3.63) is 11.6 Å². The van der Waals surface area contributed by atoms with Crippen molar-refractivity contribution in [3.63, 3.8) is 0 Å². The van der Waals surface area contributed by atoms with Gasteiger partial charge in [-0.25, -0.2) is 0 Å². The maximum Gasteiger partial charge on any atom is 0.317 e. The number of carbonyl (C=O) groups excluding carboxylic acids is 3. The van der Waals surface area contributed by atoms with Gasteiger partial charge in [0.1, 0.15) is 121 Å². The molecular weight excluding hydrogens is 1450 g/mol. The molecule has 36 nitrogen and oxygen atoms in total. The van der Waals surface area contributed by atoms with Crippen LogP contribution in [-0.2, 0) is 80.7 Å². The van der Waals surface area contributed by atoms with E-state index in [1.165, 1.54) is 34.6 Å². The predicted octanol–water partition coefficient (Wildman–Crippen LogP) is -5.11. The van der Waals surface area contributed by atoms with E-state index in [4.69, 9.17) is 66.3 Å². The van der Waals surface area contributed by atoms with Crippen LogP contribution in [0, 0.1) is 50.2 Å². The number of fused-ring (bicyclic) bond motifs is 7. The summed E-state index contributed by atoms with van der Waals surface area (Å²) in [6.45, 7) is 16.4. The zero-order valence-corrected chi connectivity index (χ0v) is 63.3. The van der Waals surface area contributed by atoms with Gasteiger partial charge in [0.15, 0.2) is 43.7 Å². The molecule has 0 aromatic carbocycles. The van der Waals surface area contributed by atoms with E-state index < -0.39 is 304 Å². The molecule has 10 fully saturated rings. The summed E-state index contributed by atoms with van der Waals surface area (Å²) in [5.41, 5.74) is -4.98. The summed E-state index contributed by atoms with van der Waals surface area (Å²) in [6.07, 6.45) is -53.0. The van der Waals surface area contributed by atoms with Crippen LogP contribution in [-0.4, -0.2) is 350 Å². The topological polar surface area (TPSA) is 565 Å². The first-order valence-electron chi connectivity index (χ1n) is 38.2. The van der Waals surface area contributed by atoms with Gasteiger partial charge < -0.3 is 163 Å². The molecule has 0 amide bonds. The first-order valence-corrected chi connectivity index (χ1v) is 38.2. The SMILES string of the molecule is CC(O)CC(=O)OC(C)CC(=O)OC1C(C)OC(OC(=O)C23CCC(C)(C)CC2C2=CCC4C5(C)CC(O)C(OC6OC(CO)C(O)C(OC7OC(CO)C(O)C(O)C7O)C6O)C(C)(CO)C5CCC4(C)C2(C)CC3O)C(OC2OC(C)C(OC3OCC(O)C(OC4OC(C)C(O)C(O)C4O)C3O)C(O)C2O)C1O. The molecule has 4 saturated carbocycles. The summed E-state index contributed by atoms with van der Waals surface area (Å²) >= 11 is 0. The monoisotopic (exact) mass is 1570 g/mol. The Morgan fingerprint density at radius 2 is 1.06 bits per heavy atom. The van der Waals surface area contributed by atoms with E-state index in [9.17, 15) is 107 Å². The van der Waals surface area contributed by atoms with E-state index in [1.807, 2.05) is 0 Å². The fourth-order valence-corrected chi connectivity index (χ4v) is 20.5. The molecule has 6 saturated heterocycles. The van der Waals surface area contributed by atoms with Crippen LogP contribution in [0.15, 0.2) is 11.6 Å². The zero-order chi connectivity index (χ0) is 80.2. The highest BCUT2D eigenvalue weighted by atomic mass is 16.8. The maximum absolute atomic E-state index is 16.0. The summed E-state index contributed by atoms with van der Waals surface area (Å²) in [5, 5.41) is 213. The summed E-state index contributed by atoms with van der Waals surface area (Å²) in [5.74, 6) is -4.20. The van der Waals surface area contributed by atoms with Crippen molar-refractivity contribution in [2.24, 2.45) is 50.2 Å². The third kappa shape index (κ3) is 15.8. The van der Waals surface area contributed by atoms with Gasteiger partial charge in [0.25, 0.3) is 0 Å². The second-order valence-corrected chi connectivity index (χ2v) is 34.5. The average molecular weight is 1570 g/mol. The molecule has 36 heteroatoms. The molecule has 0 aromatic heterocycles. The first-order chi connectivity index (χ1) is 51.0. The third-order valence-corrected chi connectivity index (χ3v) is 26.7. The zero-order valence-electron chi connectivity index (χ0n) is 63.3. The molecule has 626 valence electrons. The molecule has 42 atom stereocenters. The van der Waals surface area contributed by atoms with Crippen LogP contribution in [0.3, 0.4) is 0 Å². The molecule has 19 N–H and O–H groups in total. The Kier molecular flexibility index (Phi) is 26.4. The van der Waals surface area contributed by atoms with Crippen LogP contribution in [0.5, 0.6) is 0 Å². The van der Waals surface area contributed by atoms with E-state index in [0.29, 0.717) is 32.1 Å². The third-order valence-electron chi connectivity index (χ3n) is 26.7. The van der Waals surface area contributed by atoms with Gasteiger partial charge in [-0.1, -0.05) is 53.2 Å². The summed E-state index contributed by atoms with van der Waals surface area (Å²) in [6, 6.07) is 0. The molecule has 5 aliphatic carbocycles. The Bertz CT molecular complexity index is 3150. The predicted molar refractivity (Wildman–Crippen MR) is 362 cm³/mol. The minimum absolute atomic E-state index is 0.00532. The molecule has 0 aromatic rings. The number of carbonyl (C=O) groups is 3. The van der Waals surface area contributed by atoms with E-state index >= 15 is 4.79 Å². The van der Waals surface area contributed by atoms with Crippen LogP contribution in [0.4, 0.5) is 0 Å². The van der Waals surface area contributed by atoms with Gasteiger partial charge in [0.05, 0.1) is 82.0 Å². The van der Waals surface area contributed by atoms with Crippen molar-refractivity contribution < 1.29 is 178 Å². The molecule has 11 rings (SSSR count). The lowest BCUT2D eigenvalue weighted by atomic mass is 9.33. The van der Waals surface area contributed by atoms with Crippen LogP contribution in [0.1, 0.15) is 140 Å². The van der Waals surface area contributed by atoms with Gasteiger partial charge >= 0.3 is 17.9 Å². The number of aliphatic hydroxyl groups excluding tert-OH is 19. The molecule has 11 aliphatic rings. The quantitative estimate of drug-likeness (QED) is 0.0221. The highest BCUT2D eigenvalue weighted by molar-refractivity contribution is 5.80. The average Bonchev–Trinajstić information content (AvgIpc) is 0.668. The number of hydrogen-bond acceptors (Lipinski definition) is 36. The van der Waals surface area contributed by atoms with Crippen molar-refractivity contribution in [1.29, 1.82) is 0 Å². The Balaban J connectivity index is 0.840. The van der Waals surface area contributed by atoms with Gasteiger partial charge in [-0.15, -0.1) is 0 Å². The van der Waals surface area contributed by atoms with Crippen LogP contribution in [0.2, 0.25) is 0 Å². The molecule has 109 heavy (non-hydrogen) atoms. The Morgan fingerprint density at radius 3 is 1.69 bits per heavy atom. The highest BCUT2D eigenvalue weighted by Gasteiger charge is 2.74. The number of aliphatic hydroxyl groups is 19. The Morgan fingerprint density at radius 1 is 0.505 bits per heavy atom. The van der Waals surface area contributed by atoms with E-state index in [2.05, 4.69) is 40.7 Å². The fourth-order valence-electron chi connectivity index (χ4n) is 20.5. The van der Waals surface area contributed by atoms with Crippen molar-refractivity contribution in [3.8, 4) is 0 Å². The van der Waals surface area contributed by atoms with Crippen LogP contribution in [0.25, 0.3) is 0 Å². The second-order valence-electron chi connectivity index (χ2n) is 34.5. The molecule has 6 aliphatic heterocycles. The smallest absolute Gasteiger partial charge is 0.317 e. The maximum atomic E-state index is 16.0. The molecule has 6 heterocycles. The molecular formula is C73H118O36. The Hall–Kier alpha value is -3.05. The Labute approximate surface area is 630 Å². The lowest BCUT2D eigenvalue weighted by Crippen LogP contribution is -2.71. The van der Waals surface area contributed by atoms with Gasteiger partial charge in [-0.2, -0.15) is 0 Å². The van der Waals surface area contributed by atoms with E-state index in [0.717, 1.165) is 5.57 Å².